The van der Waals surface area contributed by atoms with E-state index in [2.05, 4.69) is 16.9 Å². The third-order valence-electron chi connectivity index (χ3n) is 3.14. The van der Waals surface area contributed by atoms with Crippen LogP contribution in [0.25, 0.3) is 0 Å². The van der Waals surface area contributed by atoms with Crippen LogP contribution in [0.15, 0.2) is 41.6 Å². The number of carbonyl (C=O) groups is 1. The number of carbonyl (C=O) groups excluding carboxylic acids is 1. The molecule has 1 rings (SSSR count). The van der Waals surface area contributed by atoms with Crippen LogP contribution in [0.4, 0.5) is 11.4 Å². The third-order valence-corrected chi connectivity index (χ3v) is 3.14. The summed E-state index contributed by atoms with van der Waals surface area (Å²) in [4.78, 5) is 16.7. The Labute approximate surface area is 142 Å². The predicted molar refractivity (Wildman–Crippen MR) is 99.7 cm³/mol. The van der Waals surface area contributed by atoms with Gasteiger partial charge in [-0.15, -0.1) is 0 Å². The lowest BCUT2D eigenvalue weighted by Crippen LogP contribution is -2.22. The molecule has 0 heterocycles. The van der Waals surface area contributed by atoms with E-state index in [0.717, 1.165) is 11.9 Å². The van der Waals surface area contributed by atoms with Gasteiger partial charge < -0.3 is 21.6 Å². The van der Waals surface area contributed by atoms with E-state index in [-0.39, 0.29) is 5.70 Å². The van der Waals surface area contributed by atoms with Crippen molar-refractivity contribution in [2.45, 2.75) is 33.3 Å². The molecule has 0 fully saturated rings. The van der Waals surface area contributed by atoms with E-state index in [9.17, 15) is 9.90 Å². The first-order valence-corrected chi connectivity index (χ1v) is 7.43. The minimum absolute atomic E-state index is 0.194. The molecule has 0 spiro atoms. The Kier molecular flexibility index (Phi) is 6.20. The number of rotatable bonds is 6. The van der Waals surface area contributed by atoms with Gasteiger partial charge >= 0.3 is 0 Å². The molecule has 0 unspecified atom stereocenters. The fourth-order valence-corrected chi connectivity index (χ4v) is 2.07. The fraction of sp³-hybridized carbons (Fsp3) is 0.278. The highest BCUT2D eigenvalue weighted by Crippen LogP contribution is 2.31. The van der Waals surface area contributed by atoms with Gasteiger partial charge in [0.25, 0.3) is 5.91 Å². The zero-order valence-electron chi connectivity index (χ0n) is 14.5. The van der Waals surface area contributed by atoms with Crippen molar-refractivity contribution in [1.29, 1.82) is 5.41 Å². The molecule has 1 aromatic carbocycles. The van der Waals surface area contributed by atoms with E-state index in [1.54, 1.807) is 39.8 Å². The Morgan fingerprint density at radius 1 is 1.42 bits per heavy atom. The number of anilines is 2. The number of nitrogens with zero attached hydrogens (tertiary/aromatic N) is 1. The maximum Gasteiger partial charge on any atom is 0.274 e. The summed E-state index contributed by atoms with van der Waals surface area (Å²) in [6, 6.07) is 3.11. The largest absolute Gasteiger partial charge is 0.398 e. The Bertz CT molecular complexity index is 721. The number of aliphatic hydroxyl groups is 1. The van der Waals surface area contributed by atoms with E-state index in [1.807, 2.05) is 0 Å². The van der Waals surface area contributed by atoms with Gasteiger partial charge in [0, 0.05) is 34.4 Å². The molecular formula is C18H24N4O2. The lowest BCUT2D eigenvalue weighted by atomic mass is 9.94. The molecule has 0 bridgehead atoms. The van der Waals surface area contributed by atoms with Gasteiger partial charge in [-0.25, -0.2) is 0 Å². The lowest BCUT2D eigenvalue weighted by molar-refractivity contribution is -0.112. The molecule has 6 nitrogen and oxygen atoms in total. The van der Waals surface area contributed by atoms with Gasteiger partial charge in [-0.05, 0) is 45.9 Å². The molecule has 128 valence electrons. The average molecular weight is 328 g/mol. The summed E-state index contributed by atoms with van der Waals surface area (Å²) in [6.07, 6.45) is 4.07. The van der Waals surface area contributed by atoms with Crippen LogP contribution in [0.2, 0.25) is 0 Å². The molecule has 1 amide bonds. The Balaban J connectivity index is 3.38. The Hall–Kier alpha value is -2.73. The van der Waals surface area contributed by atoms with Crippen molar-refractivity contribution in [1.82, 2.24) is 0 Å². The molecule has 0 atom stereocenters. The van der Waals surface area contributed by atoms with Crippen LogP contribution >= 0.6 is 0 Å². The van der Waals surface area contributed by atoms with Crippen LogP contribution in [-0.2, 0) is 10.4 Å². The zero-order chi connectivity index (χ0) is 18.5. The normalized spacial score (nSPS) is 11.6. The Morgan fingerprint density at radius 3 is 2.50 bits per heavy atom. The van der Waals surface area contributed by atoms with Crippen molar-refractivity contribution in [3.63, 3.8) is 0 Å². The summed E-state index contributed by atoms with van der Waals surface area (Å²) in [5, 5.41) is 20.5. The second-order valence-corrected chi connectivity index (χ2v) is 6.03. The molecule has 24 heavy (non-hydrogen) atoms. The second kappa shape index (κ2) is 7.70. The van der Waals surface area contributed by atoms with Gasteiger partial charge in [0.1, 0.15) is 5.70 Å². The number of hydrogen-bond donors (Lipinski definition) is 4. The maximum absolute atomic E-state index is 12.5. The molecular weight excluding hydrogens is 304 g/mol. The summed E-state index contributed by atoms with van der Waals surface area (Å²) >= 11 is 0. The Morgan fingerprint density at radius 2 is 2.04 bits per heavy atom. The van der Waals surface area contributed by atoms with E-state index in [4.69, 9.17) is 11.1 Å². The van der Waals surface area contributed by atoms with Gasteiger partial charge in [-0.1, -0.05) is 12.7 Å². The molecule has 0 aliphatic carbocycles. The van der Waals surface area contributed by atoms with Gasteiger partial charge in [0.2, 0.25) is 0 Å². The van der Waals surface area contributed by atoms with Gasteiger partial charge in [-0.3, -0.25) is 9.79 Å². The highest BCUT2D eigenvalue weighted by molar-refractivity contribution is 6.06. The van der Waals surface area contributed by atoms with Crippen molar-refractivity contribution in [2.24, 2.45) is 4.99 Å². The van der Waals surface area contributed by atoms with Crippen molar-refractivity contribution in [2.75, 3.05) is 11.1 Å². The van der Waals surface area contributed by atoms with Crippen molar-refractivity contribution in [3.05, 3.63) is 47.7 Å². The number of hydrogen-bond acceptors (Lipinski definition) is 5. The molecule has 0 saturated carbocycles. The number of allylic oxidation sites excluding steroid dienone is 2. The van der Waals surface area contributed by atoms with Crippen LogP contribution in [0.5, 0.6) is 0 Å². The number of nitrogens with one attached hydrogen (secondary N) is 2. The van der Waals surface area contributed by atoms with E-state index in [1.165, 1.54) is 12.2 Å². The molecule has 0 aromatic heterocycles. The van der Waals surface area contributed by atoms with E-state index in [0.29, 0.717) is 22.5 Å². The zero-order valence-corrected chi connectivity index (χ0v) is 14.5. The molecule has 1 aromatic rings. The molecule has 0 saturated heterocycles. The number of benzene rings is 1. The minimum Gasteiger partial charge on any atom is -0.398 e. The SMILES string of the molecule is C=C/C=C(\N=C(C)C)C(=O)Nc1cc(C=N)c(N)cc1C(C)(C)O. The standard InChI is InChI=1S/C18H24N4O2/c1-6-7-15(21-11(2)3)17(23)22-16-8-12(10-19)14(20)9-13(16)18(4,5)24/h6-10,19,24H,1,20H2,2-5H3,(H,22,23)/b15-7-,19-10?. The second-order valence-electron chi connectivity index (χ2n) is 6.03. The van der Waals surface area contributed by atoms with Gasteiger partial charge in [-0.2, -0.15) is 0 Å². The number of nitrogen functional groups attached to an aromatic ring is 1. The quantitative estimate of drug-likeness (QED) is 0.279. The first-order chi connectivity index (χ1) is 11.1. The summed E-state index contributed by atoms with van der Waals surface area (Å²) in [7, 11) is 0. The highest BCUT2D eigenvalue weighted by Gasteiger charge is 2.23. The lowest BCUT2D eigenvalue weighted by Gasteiger charge is -2.23. The highest BCUT2D eigenvalue weighted by atomic mass is 16.3. The summed E-state index contributed by atoms with van der Waals surface area (Å²) in [5.41, 5.74) is 7.20. The number of amides is 1. The summed E-state index contributed by atoms with van der Waals surface area (Å²) in [6.45, 7) is 10.3. The van der Waals surface area contributed by atoms with E-state index < -0.39 is 11.5 Å². The van der Waals surface area contributed by atoms with Crippen molar-refractivity contribution in [3.8, 4) is 0 Å². The smallest absolute Gasteiger partial charge is 0.274 e. The minimum atomic E-state index is -1.22. The molecule has 5 N–H and O–H groups in total. The first kappa shape index (κ1) is 19.3. The molecule has 0 aliphatic rings. The molecule has 6 heteroatoms. The maximum atomic E-state index is 12.5. The fourth-order valence-electron chi connectivity index (χ4n) is 2.07. The van der Waals surface area contributed by atoms with Crippen LogP contribution in [0, 0.1) is 5.41 Å². The molecule has 0 radical (unpaired) electrons. The summed E-state index contributed by atoms with van der Waals surface area (Å²) in [5.74, 6) is -0.442. The van der Waals surface area contributed by atoms with Crippen LogP contribution in [0.1, 0.15) is 38.8 Å². The van der Waals surface area contributed by atoms with Crippen LogP contribution in [0.3, 0.4) is 0 Å². The third kappa shape index (κ3) is 4.89. The van der Waals surface area contributed by atoms with Gasteiger partial charge in [0.15, 0.2) is 0 Å². The van der Waals surface area contributed by atoms with Crippen molar-refractivity contribution < 1.29 is 9.90 Å². The van der Waals surface area contributed by atoms with Gasteiger partial charge in [0.05, 0.1) is 5.60 Å². The topological polar surface area (TPSA) is 112 Å². The van der Waals surface area contributed by atoms with Crippen molar-refractivity contribution >= 4 is 29.2 Å². The molecule has 0 aliphatic heterocycles. The first-order valence-electron chi connectivity index (χ1n) is 7.43. The monoisotopic (exact) mass is 328 g/mol. The average Bonchev–Trinajstić information content (AvgIpc) is 2.46. The van der Waals surface area contributed by atoms with E-state index >= 15 is 0 Å². The predicted octanol–water partition coefficient (Wildman–Crippen LogP) is 2.98. The number of aliphatic imine (C=N–C) groups is 1. The van der Waals surface area contributed by atoms with Crippen LogP contribution in [-0.4, -0.2) is 22.9 Å². The summed E-state index contributed by atoms with van der Waals surface area (Å²) < 4.78 is 0. The number of nitrogens with two attached hydrogens (primary N) is 1. The van der Waals surface area contributed by atoms with Crippen LogP contribution < -0.4 is 11.1 Å².